The molecule has 19 heavy (non-hydrogen) atoms. The van der Waals surface area contributed by atoms with Crippen LogP contribution in [0.15, 0.2) is 0 Å². The molecule has 0 fully saturated rings. The van der Waals surface area contributed by atoms with Crippen molar-refractivity contribution >= 4 is 5.91 Å². The number of amides is 1. The fourth-order valence-electron chi connectivity index (χ4n) is 0.883. The quantitative estimate of drug-likeness (QED) is 0.623. The number of hydrogen-bond donors (Lipinski definition) is 1. The molecule has 0 radical (unpaired) electrons. The summed E-state index contributed by atoms with van der Waals surface area (Å²) in [7, 11) is 0. The Morgan fingerprint density at radius 2 is 1.26 bits per heavy atom. The van der Waals surface area contributed by atoms with E-state index in [1.807, 2.05) is 34.6 Å². The van der Waals surface area contributed by atoms with Gasteiger partial charge in [-0.1, -0.05) is 27.7 Å². The predicted octanol–water partition coefficient (Wildman–Crippen LogP) is 2.24. The van der Waals surface area contributed by atoms with Crippen molar-refractivity contribution < 1.29 is 19.0 Å². The zero-order valence-corrected chi connectivity index (χ0v) is 13.6. The van der Waals surface area contributed by atoms with E-state index in [-0.39, 0.29) is 5.91 Å². The Balaban J connectivity index is -0.000000579. The van der Waals surface area contributed by atoms with E-state index in [2.05, 4.69) is 5.32 Å². The van der Waals surface area contributed by atoms with Crippen LogP contribution in [0.3, 0.4) is 0 Å². The molecule has 1 amide bonds. The third kappa shape index (κ3) is 31.7. The van der Waals surface area contributed by atoms with Crippen molar-refractivity contribution in [3.8, 4) is 0 Å². The summed E-state index contributed by atoms with van der Waals surface area (Å²) >= 11 is 0. The highest BCUT2D eigenvalue weighted by Gasteiger charge is 1.92. The molecule has 0 bridgehead atoms. The van der Waals surface area contributed by atoms with Crippen molar-refractivity contribution in [2.24, 2.45) is 0 Å². The van der Waals surface area contributed by atoms with Crippen LogP contribution in [-0.4, -0.2) is 52.1 Å². The van der Waals surface area contributed by atoms with Crippen LogP contribution in [0, 0.1) is 0 Å². The van der Waals surface area contributed by atoms with Crippen molar-refractivity contribution in [3.63, 3.8) is 0 Å². The van der Waals surface area contributed by atoms with E-state index >= 15 is 0 Å². The predicted molar refractivity (Wildman–Crippen MR) is 79.5 cm³/mol. The fourth-order valence-corrected chi connectivity index (χ4v) is 0.883. The summed E-state index contributed by atoms with van der Waals surface area (Å²) in [5.41, 5.74) is 0. The standard InChI is InChI=1S/C10H21NO4.2C2H6/c1-3-13-6-7-15-9-8-14-5-4-11-10(2)12;2*1-2/h3-9H2,1-2H3,(H,11,12);2*1-2H3. The van der Waals surface area contributed by atoms with Crippen LogP contribution in [0.1, 0.15) is 41.5 Å². The largest absolute Gasteiger partial charge is 0.379 e. The molecule has 0 aliphatic rings. The highest BCUT2D eigenvalue weighted by molar-refractivity contribution is 5.72. The third-order valence-corrected chi connectivity index (χ3v) is 1.57. The minimum absolute atomic E-state index is 0.0356. The molecule has 1 N–H and O–H groups in total. The molecule has 0 aromatic carbocycles. The smallest absolute Gasteiger partial charge is 0.216 e. The van der Waals surface area contributed by atoms with Gasteiger partial charge in [-0.2, -0.15) is 0 Å². The maximum Gasteiger partial charge on any atom is 0.216 e. The minimum Gasteiger partial charge on any atom is -0.379 e. The number of carbonyl (C=O) groups excluding carboxylic acids is 1. The van der Waals surface area contributed by atoms with Gasteiger partial charge in [0, 0.05) is 20.1 Å². The number of carbonyl (C=O) groups is 1. The molecule has 0 saturated heterocycles. The average Bonchev–Trinajstić information content (AvgIpc) is 2.45. The van der Waals surface area contributed by atoms with Gasteiger partial charge in [0.05, 0.1) is 33.0 Å². The normalized spacial score (nSPS) is 8.74. The van der Waals surface area contributed by atoms with Crippen molar-refractivity contribution in [1.82, 2.24) is 5.32 Å². The summed E-state index contributed by atoms with van der Waals surface area (Å²) in [6.45, 7) is 15.6. The van der Waals surface area contributed by atoms with Gasteiger partial charge in [-0.3, -0.25) is 4.79 Å². The molecule has 0 heterocycles. The third-order valence-electron chi connectivity index (χ3n) is 1.57. The summed E-state index contributed by atoms with van der Waals surface area (Å²) in [4.78, 5) is 10.5. The number of nitrogens with one attached hydrogen (secondary N) is 1. The molecule has 0 rings (SSSR count). The van der Waals surface area contributed by atoms with Gasteiger partial charge in [0.15, 0.2) is 0 Å². The lowest BCUT2D eigenvalue weighted by Crippen LogP contribution is -2.25. The van der Waals surface area contributed by atoms with Gasteiger partial charge in [0.1, 0.15) is 0 Å². The second kappa shape index (κ2) is 26.0. The van der Waals surface area contributed by atoms with Gasteiger partial charge in [0.2, 0.25) is 5.91 Å². The van der Waals surface area contributed by atoms with Crippen LogP contribution >= 0.6 is 0 Å². The topological polar surface area (TPSA) is 56.8 Å². The number of hydrogen-bond acceptors (Lipinski definition) is 4. The van der Waals surface area contributed by atoms with Crippen molar-refractivity contribution in [3.05, 3.63) is 0 Å². The van der Waals surface area contributed by atoms with Crippen LogP contribution < -0.4 is 5.32 Å². The summed E-state index contributed by atoms with van der Waals surface area (Å²) in [6.07, 6.45) is 0. The van der Waals surface area contributed by atoms with Crippen LogP contribution in [0.5, 0.6) is 0 Å². The highest BCUT2D eigenvalue weighted by atomic mass is 16.5. The fraction of sp³-hybridized carbons (Fsp3) is 0.929. The van der Waals surface area contributed by atoms with Crippen LogP contribution in [0.4, 0.5) is 0 Å². The summed E-state index contributed by atoms with van der Waals surface area (Å²) in [5.74, 6) is -0.0356. The lowest BCUT2D eigenvalue weighted by molar-refractivity contribution is -0.119. The van der Waals surface area contributed by atoms with Crippen LogP contribution in [0.2, 0.25) is 0 Å². The lowest BCUT2D eigenvalue weighted by Gasteiger charge is -2.06. The maximum absolute atomic E-state index is 10.5. The second-order valence-electron chi connectivity index (χ2n) is 2.90. The van der Waals surface area contributed by atoms with E-state index < -0.39 is 0 Å². The van der Waals surface area contributed by atoms with Crippen molar-refractivity contribution in [2.75, 3.05) is 46.2 Å². The Morgan fingerprint density at radius 3 is 1.68 bits per heavy atom. The molecule has 118 valence electrons. The molecule has 0 spiro atoms. The average molecular weight is 279 g/mol. The maximum atomic E-state index is 10.5. The first kappa shape index (κ1) is 23.4. The second-order valence-corrected chi connectivity index (χ2v) is 2.90. The monoisotopic (exact) mass is 279 g/mol. The van der Waals surface area contributed by atoms with Gasteiger partial charge < -0.3 is 19.5 Å². The van der Waals surface area contributed by atoms with Gasteiger partial charge in [-0.15, -0.1) is 0 Å². The first-order valence-corrected chi connectivity index (χ1v) is 7.25. The zero-order chi connectivity index (χ0) is 15.4. The Labute approximate surface area is 119 Å². The summed E-state index contributed by atoms with van der Waals surface area (Å²) < 4.78 is 15.5. The van der Waals surface area contributed by atoms with E-state index in [0.717, 1.165) is 6.61 Å². The molecule has 5 nitrogen and oxygen atoms in total. The van der Waals surface area contributed by atoms with Gasteiger partial charge in [-0.25, -0.2) is 0 Å². The molecular formula is C14H33NO4. The minimum atomic E-state index is -0.0356. The molecular weight excluding hydrogens is 246 g/mol. The molecule has 5 heteroatoms. The van der Waals surface area contributed by atoms with Crippen LogP contribution in [0.25, 0.3) is 0 Å². The van der Waals surface area contributed by atoms with Crippen LogP contribution in [-0.2, 0) is 19.0 Å². The summed E-state index contributed by atoms with van der Waals surface area (Å²) in [6, 6.07) is 0. The SMILES string of the molecule is CC.CC.CCOCCOCCOCCNC(C)=O. The number of rotatable bonds is 10. The molecule has 0 aliphatic heterocycles. The van der Waals surface area contributed by atoms with Gasteiger partial charge in [-0.05, 0) is 6.92 Å². The Bertz CT molecular complexity index is 154. The Hall–Kier alpha value is -0.650. The van der Waals surface area contributed by atoms with Crippen molar-refractivity contribution in [2.45, 2.75) is 41.5 Å². The Kier molecular flexibility index (Phi) is 32.1. The van der Waals surface area contributed by atoms with Crippen molar-refractivity contribution in [1.29, 1.82) is 0 Å². The van der Waals surface area contributed by atoms with E-state index in [4.69, 9.17) is 14.2 Å². The Morgan fingerprint density at radius 1 is 0.842 bits per heavy atom. The van der Waals surface area contributed by atoms with E-state index in [1.54, 1.807) is 0 Å². The molecule has 0 aliphatic carbocycles. The van der Waals surface area contributed by atoms with E-state index in [9.17, 15) is 4.79 Å². The van der Waals surface area contributed by atoms with E-state index in [0.29, 0.717) is 39.6 Å². The number of ether oxygens (including phenoxy) is 3. The lowest BCUT2D eigenvalue weighted by atomic mass is 10.6. The molecule has 0 unspecified atom stereocenters. The van der Waals surface area contributed by atoms with E-state index in [1.165, 1.54) is 6.92 Å². The first-order chi connectivity index (χ1) is 9.27. The highest BCUT2D eigenvalue weighted by Crippen LogP contribution is 1.80. The molecule has 0 atom stereocenters. The van der Waals surface area contributed by atoms with Gasteiger partial charge >= 0.3 is 0 Å². The molecule has 0 saturated carbocycles. The first-order valence-electron chi connectivity index (χ1n) is 7.25. The molecule has 0 aromatic heterocycles. The summed E-state index contributed by atoms with van der Waals surface area (Å²) in [5, 5.41) is 2.64. The molecule has 0 aromatic rings. The zero-order valence-electron chi connectivity index (χ0n) is 13.6. The van der Waals surface area contributed by atoms with Gasteiger partial charge in [0.25, 0.3) is 0 Å².